The average molecular weight is 332 g/mol. The molecule has 2 N–H and O–H groups in total. The summed E-state index contributed by atoms with van der Waals surface area (Å²) in [5.41, 5.74) is 6.06. The number of thiophene rings is 1. The molecule has 2 unspecified atom stereocenters. The van der Waals surface area contributed by atoms with Crippen molar-refractivity contribution < 1.29 is 4.74 Å². The van der Waals surface area contributed by atoms with E-state index in [0.29, 0.717) is 0 Å². The fraction of sp³-hybridized carbons (Fsp3) is 0.714. The molecule has 1 aliphatic carbocycles. The van der Waals surface area contributed by atoms with Crippen LogP contribution in [0.1, 0.15) is 50.0 Å². The van der Waals surface area contributed by atoms with Gasteiger partial charge in [0.2, 0.25) is 0 Å². The summed E-state index contributed by atoms with van der Waals surface area (Å²) in [6, 6.07) is 2.17. The predicted molar refractivity (Wildman–Crippen MR) is 80.9 cm³/mol. The molecule has 18 heavy (non-hydrogen) atoms. The molecule has 0 saturated heterocycles. The van der Waals surface area contributed by atoms with E-state index in [0.717, 1.165) is 17.0 Å². The third-order valence-electron chi connectivity index (χ3n) is 3.58. The first-order valence-electron chi connectivity index (χ1n) is 6.78. The third-order valence-corrected chi connectivity index (χ3v) is 5.34. The minimum atomic E-state index is 0.0409. The number of hydrogen-bond donors (Lipinski definition) is 1. The lowest BCUT2D eigenvalue weighted by atomic mass is 9.90. The SMILES string of the molecule is CC(N)C(OCC1CCCCC1)c1cc(Br)cs1. The Bertz CT molecular complexity index is 360. The first-order valence-corrected chi connectivity index (χ1v) is 8.45. The third kappa shape index (κ3) is 4.05. The summed E-state index contributed by atoms with van der Waals surface area (Å²) in [7, 11) is 0. The molecule has 1 aliphatic rings. The van der Waals surface area contributed by atoms with Gasteiger partial charge in [-0.15, -0.1) is 11.3 Å². The monoisotopic (exact) mass is 331 g/mol. The van der Waals surface area contributed by atoms with E-state index in [-0.39, 0.29) is 12.1 Å². The molecule has 4 heteroatoms. The molecule has 1 aromatic heterocycles. The lowest BCUT2D eigenvalue weighted by Crippen LogP contribution is -2.28. The van der Waals surface area contributed by atoms with Crippen LogP contribution >= 0.6 is 27.3 Å². The Labute approximate surface area is 122 Å². The topological polar surface area (TPSA) is 35.2 Å². The highest BCUT2D eigenvalue weighted by molar-refractivity contribution is 9.10. The lowest BCUT2D eigenvalue weighted by molar-refractivity contribution is 0.0102. The number of halogens is 1. The van der Waals surface area contributed by atoms with E-state index in [9.17, 15) is 0 Å². The van der Waals surface area contributed by atoms with E-state index in [1.54, 1.807) is 11.3 Å². The van der Waals surface area contributed by atoms with E-state index in [2.05, 4.69) is 27.4 Å². The van der Waals surface area contributed by atoms with Gasteiger partial charge < -0.3 is 10.5 Å². The maximum Gasteiger partial charge on any atom is 0.106 e. The Morgan fingerprint density at radius 3 is 2.72 bits per heavy atom. The summed E-state index contributed by atoms with van der Waals surface area (Å²) in [5.74, 6) is 0.739. The maximum absolute atomic E-state index is 6.11. The van der Waals surface area contributed by atoms with Crippen molar-refractivity contribution in [2.24, 2.45) is 11.7 Å². The van der Waals surface area contributed by atoms with Crippen molar-refractivity contribution in [2.75, 3.05) is 6.61 Å². The van der Waals surface area contributed by atoms with Gasteiger partial charge >= 0.3 is 0 Å². The molecule has 0 aliphatic heterocycles. The summed E-state index contributed by atoms with van der Waals surface area (Å²) in [5, 5.41) is 2.09. The Balaban J connectivity index is 1.90. The van der Waals surface area contributed by atoms with Gasteiger partial charge in [-0.3, -0.25) is 0 Å². The molecular weight excluding hydrogens is 310 g/mol. The van der Waals surface area contributed by atoms with E-state index >= 15 is 0 Å². The molecule has 0 aromatic carbocycles. The van der Waals surface area contributed by atoms with E-state index in [1.165, 1.54) is 37.0 Å². The normalized spacial score (nSPS) is 20.8. The number of rotatable bonds is 5. The Kier molecular flexibility index (Phi) is 5.67. The smallest absolute Gasteiger partial charge is 0.106 e. The van der Waals surface area contributed by atoms with E-state index < -0.39 is 0 Å². The van der Waals surface area contributed by atoms with Gasteiger partial charge in [0, 0.05) is 20.8 Å². The minimum absolute atomic E-state index is 0.0409. The summed E-state index contributed by atoms with van der Waals surface area (Å²) in [6.45, 7) is 2.89. The van der Waals surface area contributed by atoms with Crippen LogP contribution in [0.3, 0.4) is 0 Å². The van der Waals surface area contributed by atoms with Gasteiger partial charge in [0.25, 0.3) is 0 Å². The van der Waals surface area contributed by atoms with Crippen LogP contribution in [0.15, 0.2) is 15.9 Å². The van der Waals surface area contributed by atoms with Crippen LogP contribution in [0.4, 0.5) is 0 Å². The van der Waals surface area contributed by atoms with Crippen LogP contribution < -0.4 is 5.73 Å². The van der Waals surface area contributed by atoms with Crippen LogP contribution in [-0.2, 0) is 4.74 Å². The standard InChI is InChI=1S/C14H22BrNOS/c1-10(16)14(13-7-12(15)9-18-13)17-8-11-5-3-2-4-6-11/h7,9-11,14H,2-6,8,16H2,1H3. The van der Waals surface area contributed by atoms with Crippen LogP contribution in [0.25, 0.3) is 0 Å². The van der Waals surface area contributed by atoms with Gasteiger partial charge in [-0.25, -0.2) is 0 Å². The van der Waals surface area contributed by atoms with Crippen LogP contribution in [0.5, 0.6) is 0 Å². The number of nitrogens with two attached hydrogens (primary N) is 1. The molecule has 1 heterocycles. The molecule has 1 saturated carbocycles. The van der Waals surface area contributed by atoms with Crippen LogP contribution in [0, 0.1) is 5.92 Å². The first-order chi connectivity index (χ1) is 8.66. The highest BCUT2D eigenvalue weighted by Crippen LogP contribution is 2.31. The molecule has 2 nitrogen and oxygen atoms in total. The highest BCUT2D eigenvalue weighted by atomic mass is 79.9. The van der Waals surface area contributed by atoms with Gasteiger partial charge in [-0.05, 0) is 47.7 Å². The summed E-state index contributed by atoms with van der Waals surface area (Å²) < 4.78 is 7.23. The van der Waals surface area contributed by atoms with E-state index in [1.807, 2.05) is 6.92 Å². The van der Waals surface area contributed by atoms with E-state index in [4.69, 9.17) is 10.5 Å². The predicted octanol–water partition coefficient (Wildman–Crippen LogP) is 4.50. The van der Waals surface area contributed by atoms with Crippen molar-refractivity contribution >= 4 is 27.3 Å². The molecule has 1 aromatic rings. The molecule has 0 bridgehead atoms. The fourth-order valence-corrected chi connectivity index (χ4v) is 4.17. The zero-order valence-corrected chi connectivity index (χ0v) is 13.3. The van der Waals surface area contributed by atoms with Gasteiger partial charge in [0.1, 0.15) is 6.10 Å². The van der Waals surface area contributed by atoms with Crippen LogP contribution in [-0.4, -0.2) is 12.6 Å². The lowest BCUT2D eigenvalue weighted by Gasteiger charge is -2.26. The molecule has 2 rings (SSSR count). The van der Waals surface area contributed by atoms with Gasteiger partial charge in [-0.1, -0.05) is 19.3 Å². The Hall–Kier alpha value is 0.1000. The molecule has 0 spiro atoms. The second kappa shape index (κ2) is 7.04. The Morgan fingerprint density at radius 1 is 1.44 bits per heavy atom. The minimum Gasteiger partial charge on any atom is -0.371 e. The second-order valence-electron chi connectivity index (χ2n) is 5.28. The zero-order valence-electron chi connectivity index (χ0n) is 10.9. The quantitative estimate of drug-likeness (QED) is 0.862. The van der Waals surface area contributed by atoms with Gasteiger partial charge in [0.15, 0.2) is 0 Å². The van der Waals surface area contributed by atoms with Crippen molar-refractivity contribution in [1.82, 2.24) is 0 Å². The van der Waals surface area contributed by atoms with Crippen molar-refractivity contribution in [3.63, 3.8) is 0 Å². The number of ether oxygens (including phenoxy) is 1. The molecule has 1 fully saturated rings. The van der Waals surface area contributed by atoms with Crippen LogP contribution in [0.2, 0.25) is 0 Å². The summed E-state index contributed by atoms with van der Waals surface area (Å²) >= 11 is 5.21. The fourth-order valence-electron chi connectivity index (χ4n) is 2.56. The Morgan fingerprint density at radius 2 is 2.17 bits per heavy atom. The number of hydrogen-bond acceptors (Lipinski definition) is 3. The molecular formula is C14H22BrNOS. The molecule has 0 radical (unpaired) electrons. The second-order valence-corrected chi connectivity index (χ2v) is 7.14. The summed E-state index contributed by atoms with van der Waals surface area (Å²) in [4.78, 5) is 1.23. The highest BCUT2D eigenvalue weighted by Gasteiger charge is 2.21. The zero-order chi connectivity index (χ0) is 13.0. The van der Waals surface area contributed by atoms with Gasteiger partial charge in [-0.2, -0.15) is 0 Å². The molecule has 2 atom stereocenters. The van der Waals surface area contributed by atoms with Crippen molar-refractivity contribution in [3.05, 3.63) is 20.8 Å². The largest absolute Gasteiger partial charge is 0.371 e. The maximum atomic E-state index is 6.11. The van der Waals surface area contributed by atoms with Crippen molar-refractivity contribution in [1.29, 1.82) is 0 Å². The van der Waals surface area contributed by atoms with Crippen molar-refractivity contribution in [2.45, 2.75) is 51.2 Å². The van der Waals surface area contributed by atoms with Crippen molar-refractivity contribution in [3.8, 4) is 0 Å². The first kappa shape index (κ1) is 14.5. The molecule has 0 amide bonds. The van der Waals surface area contributed by atoms with Gasteiger partial charge in [0.05, 0.1) is 6.61 Å². The molecule has 102 valence electrons. The average Bonchev–Trinajstić information content (AvgIpc) is 2.77. The summed E-state index contributed by atoms with van der Waals surface area (Å²) in [6.07, 6.45) is 6.80.